The van der Waals surface area contributed by atoms with Gasteiger partial charge >= 0.3 is 5.97 Å². The standard InChI is InChI=1S/C22H25NO5/c1-14(2)6-9-17-18(26-3)13-16(20(21(17)24)22(25)28-5)8-7-15-10-11-23-19(12-15)27-4/h6-8,10-13,24H,9H2,1-5H3/b8-7+. The van der Waals surface area contributed by atoms with Crippen LogP contribution in [0.4, 0.5) is 0 Å². The number of aromatic nitrogens is 1. The van der Waals surface area contributed by atoms with Crippen LogP contribution in [0.3, 0.4) is 0 Å². The molecule has 6 heteroatoms. The summed E-state index contributed by atoms with van der Waals surface area (Å²) >= 11 is 0. The van der Waals surface area contributed by atoms with Gasteiger partial charge in [-0.25, -0.2) is 9.78 Å². The normalized spacial score (nSPS) is 10.6. The summed E-state index contributed by atoms with van der Waals surface area (Å²) in [5.74, 6) is 0.212. The zero-order valence-electron chi connectivity index (χ0n) is 16.8. The highest BCUT2D eigenvalue weighted by molar-refractivity contribution is 5.98. The molecular formula is C22H25NO5. The lowest BCUT2D eigenvalue weighted by atomic mass is 9.97. The van der Waals surface area contributed by atoms with Crippen molar-refractivity contribution in [3.63, 3.8) is 0 Å². The summed E-state index contributed by atoms with van der Waals surface area (Å²) in [6.07, 6.45) is 7.53. The summed E-state index contributed by atoms with van der Waals surface area (Å²) in [6, 6.07) is 5.28. The van der Waals surface area contributed by atoms with Gasteiger partial charge in [-0.1, -0.05) is 23.8 Å². The molecule has 1 aromatic heterocycles. The molecule has 0 aliphatic carbocycles. The van der Waals surface area contributed by atoms with E-state index in [-0.39, 0.29) is 11.3 Å². The molecule has 2 aromatic rings. The molecule has 0 unspecified atom stereocenters. The van der Waals surface area contributed by atoms with Crippen LogP contribution >= 0.6 is 0 Å². The number of phenolic OH excluding ortho intramolecular Hbond substituents is 1. The predicted octanol–water partition coefficient (Wildman–Crippen LogP) is 4.27. The van der Waals surface area contributed by atoms with Crippen LogP contribution in [0, 0.1) is 0 Å². The number of nitrogens with zero attached hydrogens (tertiary/aromatic N) is 1. The lowest BCUT2D eigenvalue weighted by Gasteiger charge is -2.15. The van der Waals surface area contributed by atoms with Crippen LogP contribution in [0.5, 0.6) is 17.4 Å². The van der Waals surface area contributed by atoms with E-state index in [0.29, 0.717) is 29.2 Å². The Morgan fingerprint density at radius 3 is 2.50 bits per heavy atom. The molecule has 0 radical (unpaired) electrons. The molecule has 6 nitrogen and oxygen atoms in total. The van der Waals surface area contributed by atoms with Crippen molar-refractivity contribution in [2.75, 3.05) is 21.3 Å². The molecule has 148 valence electrons. The highest BCUT2D eigenvalue weighted by Crippen LogP contribution is 2.36. The van der Waals surface area contributed by atoms with Crippen LogP contribution < -0.4 is 9.47 Å². The molecule has 0 aliphatic heterocycles. The Bertz CT molecular complexity index is 911. The second kappa shape index (κ2) is 9.60. The Hall–Kier alpha value is -3.28. The van der Waals surface area contributed by atoms with E-state index in [0.717, 1.165) is 11.1 Å². The highest BCUT2D eigenvalue weighted by atomic mass is 16.5. The van der Waals surface area contributed by atoms with Crippen LogP contribution in [-0.4, -0.2) is 37.4 Å². The number of allylic oxidation sites excluding steroid dienone is 2. The van der Waals surface area contributed by atoms with Crippen molar-refractivity contribution in [2.24, 2.45) is 0 Å². The first-order valence-electron chi connectivity index (χ1n) is 8.73. The van der Waals surface area contributed by atoms with Crippen LogP contribution in [0.2, 0.25) is 0 Å². The monoisotopic (exact) mass is 383 g/mol. The second-order valence-electron chi connectivity index (χ2n) is 6.31. The Balaban J connectivity index is 2.58. The van der Waals surface area contributed by atoms with E-state index in [1.165, 1.54) is 14.2 Å². The number of aromatic hydroxyl groups is 1. The Kier molecular flexibility index (Phi) is 7.21. The van der Waals surface area contributed by atoms with E-state index in [4.69, 9.17) is 14.2 Å². The molecule has 0 fully saturated rings. The number of ether oxygens (including phenoxy) is 3. The fourth-order valence-electron chi connectivity index (χ4n) is 2.66. The number of phenols is 1. The molecule has 0 amide bonds. The smallest absolute Gasteiger partial charge is 0.342 e. The SMILES string of the molecule is COC(=O)c1c(/C=C/c2ccnc(OC)c2)cc(OC)c(CC=C(C)C)c1O. The molecule has 2 rings (SSSR count). The lowest BCUT2D eigenvalue weighted by Crippen LogP contribution is -2.07. The topological polar surface area (TPSA) is 77.9 Å². The minimum atomic E-state index is -0.620. The van der Waals surface area contributed by atoms with Gasteiger partial charge in [-0.3, -0.25) is 0 Å². The Labute approximate surface area is 165 Å². The van der Waals surface area contributed by atoms with Gasteiger partial charge in [0.2, 0.25) is 5.88 Å². The molecular weight excluding hydrogens is 358 g/mol. The van der Waals surface area contributed by atoms with Gasteiger partial charge in [-0.05, 0) is 43.5 Å². The number of carbonyl (C=O) groups is 1. The van der Waals surface area contributed by atoms with Gasteiger partial charge in [0.15, 0.2) is 0 Å². The third-order valence-electron chi connectivity index (χ3n) is 4.14. The van der Waals surface area contributed by atoms with Crippen molar-refractivity contribution in [3.05, 3.63) is 58.3 Å². The number of methoxy groups -OCH3 is 3. The third-order valence-corrected chi connectivity index (χ3v) is 4.14. The summed E-state index contributed by atoms with van der Waals surface area (Å²) in [6.45, 7) is 3.93. The van der Waals surface area contributed by atoms with E-state index in [2.05, 4.69) is 4.98 Å². The number of hydrogen-bond donors (Lipinski definition) is 1. The van der Waals surface area contributed by atoms with Crippen molar-refractivity contribution in [1.82, 2.24) is 4.98 Å². The summed E-state index contributed by atoms with van der Waals surface area (Å²) < 4.78 is 15.5. The number of pyridine rings is 1. The van der Waals surface area contributed by atoms with E-state index >= 15 is 0 Å². The maximum Gasteiger partial charge on any atom is 0.342 e. The zero-order chi connectivity index (χ0) is 20.7. The molecule has 0 bridgehead atoms. The molecule has 1 N–H and O–H groups in total. The van der Waals surface area contributed by atoms with Gasteiger partial charge in [-0.15, -0.1) is 0 Å². The molecule has 1 heterocycles. The largest absolute Gasteiger partial charge is 0.507 e. The predicted molar refractivity (Wildman–Crippen MR) is 109 cm³/mol. The van der Waals surface area contributed by atoms with Crippen LogP contribution in [-0.2, 0) is 11.2 Å². The van der Waals surface area contributed by atoms with Crippen molar-refractivity contribution < 1.29 is 24.1 Å². The average molecular weight is 383 g/mol. The minimum Gasteiger partial charge on any atom is -0.507 e. The average Bonchev–Trinajstić information content (AvgIpc) is 2.70. The third kappa shape index (κ3) is 4.91. The number of rotatable bonds is 7. The Morgan fingerprint density at radius 2 is 1.89 bits per heavy atom. The fourth-order valence-corrected chi connectivity index (χ4v) is 2.66. The quantitative estimate of drug-likeness (QED) is 0.568. The van der Waals surface area contributed by atoms with Crippen LogP contribution in [0.25, 0.3) is 12.2 Å². The molecule has 1 aromatic carbocycles. The van der Waals surface area contributed by atoms with Crippen LogP contribution in [0.15, 0.2) is 36.0 Å². The van der Waals surface area contributed by atoms with Gasteiger partial charge in [0.1, 0.15) is 17.1 Å². The van der Waals surface area contributed by atoms with Crippen molar-refractivity contribution >= 4 is 18.1 Å². The maximum atomic E-state index is 12.4. The van der Waals surface area contributed by atoms with Gasteiger partial charge in [-0.2, -0.15) is 0 Å². The maximum absolute atomic E-state index is 12.4. The van der Waals surface area contributed by atoms with Crippen molar-refractivity contribution in [2.45, 2.75) is 20.3 Å². The minimum absolute atomic E-state index is 0.0951. The number of esters is 1. The van der Waals surface area contributed by atoms with Crippen LogP contribution in [0.1, 0.15) is 40.9 Å². The van der Waals surface area contributed by atoms with E-state index in [1.54, 1.807) is 43.7 Å². The fraction of sp³-hybridized carbons (Fsp3) is 0.273. The van der Waals surface area contributed by atoms with E-state index in [1.807, 2.05) is 19.9 Å². The highest BCUT2D eigenvalue weighted by Gasteiger charge is 2.22. The Morgan fingerprint density at radius 1 is 1.14 bits per heavy atom. The first kappa shape index (κ1) is 21.0. The molecule has 0 spiro atoms. The molecule has 0 saturated carbocycles. The zero-order valence-corrected chi connectivity index (χ0v) is 16.8. The van der Waals surface area contributed by atoms with E-state index < -0.39 is 5.97 Å². The lowest BCUT2D eigenvalue weighted by molar-refractivity contribution is 0.0597. The second-order valence-corrected chi connectivity index (χ2v) is 6.31. The van der Waals surface area contributed by atoms with Crippen molar-refractivity contribution in [3.8, 4) is 17.4 Å². The first-order valence-corrected chi connectivity index (χ1v) is 8.73. The first-order chi connectivity index (χ1) is 13.4. The van der Waals surface area contributed by atoms with Gasteiger partial charge in [0, 0.05) is 17.8 Å². The number of benzene rings is 1. The molecule has 0 atom stereocenters. The van der Waals surface area contributed by atoms with E-state index in [9.17, 15) is 9.90 Å². The van der Waals surface area contributed by atoms with Gasteiger partial charge < -0.3 is 19.3 Å². The number of carbonyl (C=O) groups excluding carboxylic acids is 1. The van der Waals surface area contributed by atoms with Gasteiger partial charge in [0.05, 0.1) is 21.3 Å². The summed E-state index contributed by atoms with van der Waals surface area (Å²) in [7, 11) is 4.35. The molecule has 28 heavy (non-hydrogen) atoms. The van der Waals surface area contributed by atoms with Gasteiger partial charge in [0.25, 0.3) is 0 Å². The summed E-state index contributed by atoms with van der Waals surface area (Å²) in [5.41, 5.74) is 3.04. The molecule has 0 saturated heterocycles. The summed E-state index contributed by atoms with van der Waals surface area (Å²) in [4.78, 5) is 16.4. The molecule has 0 aliphatic rings. The summed E-state index contributed by atoms with van der Waals surface area (Å²) in [5, 5.41) is 10.8. The van der Waals surface area contributed by atoms with Crippen molar-refractivity contribution in [1.29, 1.82) is 0 Å². The number of hydrogen-bond acceptors (Lipinski definition) is 6.